The molecule has 7 nitrogen and oxygen atoms in total. The fourth-order valence-electron chi connectivity index (χ4n) is 2.31. The largest absolute Gasteiger partial charge is 0.497 e. The zero-order valence-electron chi connectivity index (χ0n) is 15.5. The van der Waals surface area contributed by atoms with Crippen LogP contribution in [0, 0.1) is 0 Å². The molecule has 1 N–H and O–H groups in total. The predicted octanol–water partition coefficient (Wildman–Crippen LogP) is 2.59. The number of hydrogen-bond acceptors (Lipinski definition) is 6. The Labute approximate surface area is 164 Å². The summed E-state index contributed by atoms with van der Waals surface area (Å²) in [5.74, 6) is -0.577. The third kappa shape index (κ3) is 5.28. The van der Waals surface area contributed by atoms with Crippen LogP contribution in [0.1, 0.15) is 27.6 Å². The molecule has 2 aromatic rings. The third-order valence-corrected chi connectivity index (χ3v) is 5.25. The quantitative estimate of drug-likeness (QED) is 0.393. The highest BCUT2D eigenvalue weighted by atomic mass is 32.2. The van der Waals surface area contributed by atoms with Gasteiger partial charge in [0.05, 0.1) is 17.6 Å². The number of rotatable bonds is 9. The average Bonchev–Trinajstić information content (AvgIpc) is 2.71. The van der Waals surface area contributed by atoms with Gasteiger partial charge in [-0.2, -0.15) is 0 Å². The topological polar surface area (TPSA) is 98.8 Å². The van der Waals surface area contributed by atoms with Crippen molar-refractivity contribution in [1.82, 2.24) is 4.72 Å². The number of carbonyl (C=O) groups is 2. The molecule has 0 aliphatic carbocycles. The lowest BCUT2D eigenvalue weighted by Gasteiger charge is -2.13. The molecule has 8 heteroatoms. The molecule has 1 atom stereocenters. The molecule has 0 aliphatic heterocycles. The van der Waals surface area contributed by atoms with Crippen LogP contribution in [0.15, 0.2) is 66.1 Å². The molecular weight excluding hydrogens is 382 g/mol. The number of esters is 1. The van der Waals surface area contributed by atoms with Gasteiger partial charge in [-0.05, 0) is 49.4 Å². The first kappa shape index (κ1) is 21.3. The van der Waals surface area contributed by atoms with Crippen molar-refractivity contribution < 1.29 is 27.5 Å². The zero-order valence-corrected chi connectivity index (χ0v) is 16.4. The zero-order chi connectivity index (χ0) is 20.7. The van der Waals surface area contributed by atoms with E-state index in [-0.39, 0.29) is 22.8 Å². The summed E-state index contributed by atoms with van der Waals surface area (Å²) in [6.45, 7) is 4.96. The van der Waals surface area contributed by atoms with E-state index in [0.29, 0.717) is 11.3 Å². The lowest BCUT2D eigenvalue weighted by atomic mass is 10.1. The normalized spacial score (nSPS) is 12.1. The molecule has 0 fully saturated rings. The summed E-state index contributed by atoms with van der Waals surface area (Å²) >= 11 is 0. The molecular formula is C20H21NO6S. The van der Waals surface area contributed by atoms with Gasteiger partial charge in [-0.15, -0.1) is 6.58 Å². The average molecular weight is 403 g/mol. The Hall–Kier alpha value is -2.97. The Morgan fingerprint density at radius 2 is 1.82 bits per heavy atom. The molecule has 0 unspecified atom stereocenters. The number of hydrogen-bond donors (Lipinski definition) is 1. The molecule has 2 aromatic carbocycles. The highest BCUT2D eigenvalue weighted by molar-refractivity contribution is 7.89. The summed E-state index contributed by atoms with van der Waals surface area (Å²) in [7, 11) is -2.26. The summed E-state index contributed by atoms with van der Waals surface area (Å²) in [5, 5.41) is 0. The van der Waals surface area contributed by atoms with Crippen LogP contribution in [0.5, 0.6) is 5.75 Å². The Morgan fingerprint density at radius 3 is 2.43 bits per heavy atom. The lowest BCUT2D eigenvalue weighted by molar-refractivity contribution is 0.0318. The number of ketones is 1. The van der Waals surface area contributed by atoms with Gasteiger partial charge in [0, 0.05) is 12.1 Å². The lowest BCUT2D eigenvalue weighted by Crippen LogP contribution is -2.25. The van der Waals surface area contributed by atoms with E-state index in [9.17, 15) is 18.0 Å². The van der Waals surface area contributed by atoms with Crippen molar-refractivity contribution in [2.75, 3.05) is 13.7 Å². The second kappa shape index (κ2) is 9.29. The van der Waals surface area contributed by atoms with Crippen LogP contribution in [0.4, 0.5) is 0 Å². The van der Waals surface area contributed by atoms with Crippen molar-refractivity contribution in [1.29, 1.82) is 0 Å². The van der Waals surface area contributed by atoms with Gasteiger partial charge in [-0.1, -0.05) is 12.1 Å². The summed E-state index contributed by atoms with van der Waals surface area (Å²) in [6.07, 6.45) is 0.363. The Kier molecular flexibility index (Phi) is 7.08. The molecule has 0 spiro atoms. The van der Waals surface area contributed by atoms with Gasteiger partial charge in [-0.3, -0.25) is 4.79 Å². The van der Waals surface area contributed by atoms with E-state index in [1.54, 1.807) is 24.3 Å². The molecule has 0 aliphatic rings. The number of benzene rings is 2. The smallest absolute Gasteiger partial charge is 0.338 e. The van der Waals surface area contributed by atoms with E-state index in [0.717, 1.165) is 0 Å². The minimum atomic E-state index is -3.78. The van der Waals surface area contributed by atoms with Crippen molar-refractivity contribution >= 4 is 21.8 Å². The first-order chi connectivity index (χ1) is 13.3. The van der Waals surface area contributed by atoms with Crippen LogP contribution >= 0.6 is 0 Å². The number of methoxy groups -OCH3 is 1. The van der Waals surface area contributed by atoms with E-state index >= 15 is 0 Å². The van der Waals surface area contributed by atoms with Crippen molar-refractivity contribution in [3.05, 3.63) is 72.3 Å². The number of carbonyl (C=O) groups excluding carboxylic acids is 2. The second-order valence-electron chi connectivity index (χ2n) is 5.81. The maximum absolute atomic E-state index is 12.4. The van der Waals surface area contributed by atoms with Crippen LogP contribution in [-0.2, 0) is 14.8 Å². The van der Waals surface area contributed by atoms with Crippen LogP contribution in [0.25, 0.3) is 0 Å². The SMILES string of the molecule is C=CCNS(=O)(=O)c1cccc(C(=O)O[C@@H](C)C(=O)c2ccc(OC)cc2)c1. The first-order valence-corrected chi connectivity index (χ1v) is 9.86. The number of Topliss-reactive ketones (excluding diaryl/α,β-unsaturated/α-hetero) is 1. The summed E-state index contributed by atoms with van der Waals surface area (Å²) in [5.41, 5.74) is 0.391. The second-order valence-corrected chi connectivity index (χ2v) is 7.58. The maximum atomic E-state index is 12.4. The summed E-state index contributed by atoms with van der Waals surface area (Å²) in [4.78, 5) is 24.7. The molecule has 0 radical (unpaired) electrons. The fraction of sp³-hybridized carbons (Fsp3) is 0.200. The minimum absolute atomic E-state index is 0.0239. The van der Waals surface area contributed by atoms with Gasteiger partial charge >= 0.3 is 5.97 Å². The van der Waals surface area contributed by atoms with Gasteiger partial charge in [0.2, 0.25) is 15.8 Å². The van der Waals surface area contributed by atoms with Gasteiger partial charge < -0.3 is 9.47 Å². The van der Waals surface area contributed by atoms with Gasteiger partial charge in [0.1, 0.15) is 5.75 Å². The van der Waals surface area contributed by atoms with Crippen LogP contribution in [-0.4, -0.2) is 39.9 Å². The molecule has 0 saturated heterocycles. The van der Waals surface area contributed by atoms with Crippen molar-refractivity contribution in [2.24, 2.45) is 0 Å². The molecule has 2 rings (SSSR count). The van der Waals surface area contributed by atoms with Gasteiger partial charge in [0.25, 0.3) is 0 Å². The molecule has 0 aromatic heterocycles. The summed E-state index contributed by atoms with van der Waals surface area (Å²) < 4.78 is 36.9. The Balaban J connectivity index is 2.12. The molecule has 148 valence electrons. The van der Waals surface area contributed by atoms with Gasteiger partial charge in [0.15, 0.2) is 6.10 Å². The molecule has 0 heterocycles. The van der Waals surface area contributed by atoms with E-state index < -0.39 is 22.1 Å². The number of ether oxygens (including phenoxy) is 2. The van der Waals surface area contributed by atoms with Crippen LogP contribution < -0.4 is 9.46 Å². The van der Waals surface area contributed by atoms with E-state index in [1.807, 2.05) is 0 Å². The highest BCUT2D eigenvalue weighted by Gasteiger charge is 2.22. The standard InChI is InChI=1S/C20H21NO6S/c1-4-12-21-28(24,25)18-7-5-6-16(13-18)20(23)27-14(2)19(22)15-8-10-17(26-3)11-9-15/h4-11,13-14,21H,1,12H2,2-3H3/t14-/m0/s1. The fourth-order valence-corrected chi connectivity index (χ4v) is 3.36. The van der Waals surface area contributed by atoms with Crippen molar-refractivity contribution in [3.8, 4) is 5.75 Å². The van der Waals surface area contributed by atoms with E-state index in [1.165, 1.54) is 44.4 Å². The van der Waals surface area contributed by atoms with Crippen LogP contribution in [0.3, 0.4) is 0 Å². The van der Waals surface area contributed by atoms with Gasteiger partial charge in [-0.25, -0.2) is 17.9 Å². The number of nitrogens with one attached hydrogen (secondary N) is 1. The van der Waals surface area contributed by atoms with Crippen molar-refractivity contribution in [2.45, 2.75) is 17.9 Å². The molecule has 28 heavy (non-hydrogen) atoms. The molecule has 0 saturated carbocycles. The molecule has 0 amide bonds. The minimum Gasteiger partial charge on any atom is -0.497 e. The van der Waals surface area contributed by atoms with Crippen LogP contribution in [0.2, 0.25) is 0 Å². The van der Waals surface area contributed by atoms with E-state index in [4.69, 9.17) is 9.47 Å². The maximum Gasteiger partial charge on any atom is 0.338 e. The van der Waals surface area contributed by atoms with Crippen molar-refractivity contribution in [3.63, 3.8) is 0 Å². The monoisotopic (exact) mass is 403 g/mol. The third-order valence-electron chi connectivity index (χ3n) is 3.83. The Morgan fingerprint density at radius 1 is 1.14 bits per heavy atom. The predicted molar refractivity (Wildman–Crippen MR) is 104 cm³/mol. The van der Waals surface area contributed by atoms with E-state index in [2.05, 4.69) is 11.3 Å². The Bertz CT molecular complexity index is 966. The summed E-state index contributed by atoms with van der Waals surface area (Å²) in [6, 6.07) is 11.8. The number of sulfonamides is 1. The highest BCUT2D eigenvalue weighted by Crippen LogP contribution is 2.16. The first-order valence-electron chi connectivity index (χ1n) is 8.38. The molecule has 0 bridgehead atoms.